The molecule has 0 aliphatic carbocycles. The van der Waals surface area contributed by atoms with Crippen molar-refractivity contribution in [1.29, 1.82) is 0 Å². The molecule has 1 N–H and O–H groups in total. The maximum Gasteiger partial charge on any atom is 0.236 e. The molecule has 0 unspecified atom stereocenters. The lowest BCUT2D eigenvalue weighted by Gasteiger charge is -2.38. The molecule has 1 saturated heterocycles. The number of nitrogens with zero attached hydrogens (tertiary/aromatic N) is 2. The van der Waals surface area contributed by atoms with Crippen molar-refractivity contribution in [2.45, 2.75) is 39.3 Å². The minimum absolute atomic E-state index is 0.232. The SMILES string of the molecule is CCCN(CC(=O)N(C)C(C)C)C1CNC1. The van der Waals surface area contributed by atoms with E-state index < -0.39 is 0 Å². The summed E-state index contributed by atoms with van der Waals surface area (Å²) in [7, 11) is 1.89. The minimum atomic E-state index is 0.232. The van der Waals surface area contributed by atoms with E-state index in [1.165, 1.54) is 0 Å². The second-order valence-electron chi connectivity index (χ2n) is 4.88. The van der Waals surface area contributed by atoms with Crippen LogP contribution >= 0.6 is 0 Å². The Morgan fingerprint density at radius 3 is 2.44 bits per heavy atom. The number of carbonyl (C=O) groups excluding carboxylic acids is 1. The van der Waals surface area contributed by atoms with Crippen molar-refractivity contribution in [3.8, 4) is 0 Å². The first-order valence-electron chi connectivity index (χ1n) is 6.26. The Morgan fingerprint density at radius 1 is 1.44 bits per heavy atom. The number of rotatable bonds is 6. The molecule has 1 aliphatic rings. The molecule has 0 aromatic rings. The highest BCUT2D eigenvalue weighted by atomic mass is 16.2. The van der Waals surface area contributed by atoms with Gasteiger partial charge in [0, 0.05) is 32.2 Å². The van der Waals surface area contributed by atoms with Gasteiger partial charge in [-0.25, -0.2) is 0 Å². The molecule has 0 atom stereocenters. The van der Waals surface area contributed by atoms with E-state index in [4.69, 9.17) is 0 Å². The summed E-state index contributed by atoms with van der Waals surface area (Å²) in [6.07, 6.45) is 1.11. The molecule has 0 aromatic heterocycles. The fourth-order valence-corrected chi connectivity index (χ4v) is 1.78. The number of carbonyl (C=O) groups is 1. The Kier molecular flexibility index (Phi) is 5.22. The van der Waals surface area contributed by atoms with Crippen molar-refractivity contribution in [2.75, 3.05) is 33.2 Å². The minimum Gasteiger partial charge on any atom is -0.342 e. The summed E-state index contributed by atoms with van der Waals surface area (Å²) in [5.74, 6) is 0.232. The molecule has 0 saturated carbocycles. The first kappa shape index (κ1) is 13.5. The normalized spacial score (nSPS) is 16.6. The molecule has 4 nitrogen and oxygen atoms in total. The lowest BCUT2D eigenvalue weighted by atomic mass is 10.1. The number of likely N-dealkylation sites (N-methyl/N-ethyl adjacent to an activating group) is 1. The highest BCUT2D eigenvalue weighted by Gasteiger charge is 2.26. The van der Waals surface area contributed by atoms with Crippen LogP contribution in [-0.2, 0) is 4.79 Å². The highest BCUT2D eigenvalue weighted by molar-refractivity contribution is 5.78. The van der Waals surface area contributed by atoms with Crippen LogP contribution in [0.3, 0.4) is 0 Å². The molecule has 0 aromatic carbocycles. The van der Waals surface area contributed by atoms with Crippen LogP contribution in [0.25, 0.3) is 0 Å². The summed E-state index contributed by atoms with van der Waals surface area (Å²) in [5, 5.41) is 3.26. The van der Waals surface area contributed by atoms with E-state index in [1.54, 1.807) is 0 Å². The fraction of sp³-hybridized carbons (Fsp3) is 0.917. The van der Waals surface area contributed by atoms with Gasteiger partial charge in [0.05, 0.1) is 6.54 Å². The van der Waals surface area contributed by atoms with Crippen LogP contribution in [0.5, 0.6) is 0 Å². The first-order valence-corrected chi connectivity index (χ1v) is 6.26. The molecule has 94 valence electrons. The largest absolute Gasteiger partial charge is 0.342 e. The van der Waals surface area contributed by atoms with Crippen LogP contribution in [0.15, 0.2) is 0 Å². The van der Waals surface area contributed by atoms with Crippen molar-refractivity contribution >= 4 is 5.91 Å². The maximum atomic E-state index is 12.0. The molecule has 0 radical (unpaired) electrons. The lowest BCUT2D eigenvalue weighted by molar-refractivity contribution is -0.133. The van der Waals surface area contributed by atoms with Crippen LogP contribution < -0.4 is 5.32 Å². The second-order valence-corrected chi connectivity index (χ2v) is 4.88. The molecule has 4 heteroatoms. The predicted molar refractivity (Wildman–Crippen MR) is 66.4 cm³/mol. The zero-order valence-electron chi connectivity index (χ0n) is 11.0. The molecule has 1 amide bonds. The van der Waals surface area contributed by atoms with Gasteiger partial charge >= 0.3 is 0 Å². The van der Waals surface area contributed by atoms with E-state index in [-0.39, 0.29) is 11.9 Å². The average molecular weight is 227 g/mol. The van der Waals surface area contributed by atoms with Gasteiger partial charge < -0.3 is 10.2 Å². The standard InChI is InChI=1S/C12H25N3O/c1-5-6-15(11-7-13-8-11)9-12(16)14(4)10(2)3/h10-11,13H,5-9H2,1-4H3. The molecular formula is C12H25N3O. The third kappa shape index (κ3) is 3.46. The van der Waals surface area contributed by atoms with E-state index in [2.05, 4.69) is 17.1 Å². The van der Waals surface area contributed by atoms with Gasteiger partial charge in [0.2, 0.25) is 5.91 Å². The number of amides is 1. The second kappa shape index (κ2) is 6.21. The number of hydrogen-bond donors (Lipinski definition) is 1. The van der Waals surface area contributed by atoms with Crippen molar-refractivity contribution < 1.29 is 4.79 Å². The third-order valence-corrected chi connectivity index (χ3v) is 3.29. The molecule has 1 fully saturated rings. The predicted octanol–water partition coefficient (Wildman–Crippen LogP) is 0.537. The van der Waals surface area contributed by atoms with Crippen LogP contribution in [0, 0.1) is 0 Å². The van der Waals surface area contributed by atoms with Crippen molar-refractivity contribution in [3.05, 3.63) is 0 Å². The van der Waals surface area contributed by atoms with E-state index in [1.807, 2.05) is 25.8 Å². The molecule has 1 rings (SSSR count). The Balaban J connectivity index is 2.43. The van der Waals surface area contributed by atoms with E-state index in [0.29, 0.717) is 12.6 Å². The summed E-state index contributed by atoms with van der Waals surface area (Å²) >= 11 is 0. The van der Waals surface area contributed by atoms with Crippen molar-refractivity contribution in [2.24, 2.45) is 0 Å². The van der Waals surface area contributed by atoms with Gasteiger partial charge in [-0.2, -0.15) is 0 Å². The van der Waals surface area contributed by atoms with Gasteiger partial charge in [-0.05, 0) is 26.8 Å². The topological polar surface area (TPSA) is 35.6 Å². The van der Waals surface area contributed by atoms with E-state index in [0.717, 1.165) is 26.1 Å². The molecular weight excluding hydrogens is 202 g/mol. The monoisotopic (exact) mass is 227 g/mol. The highest BCUT2D eigenvalue weighted by Crippen LogP contribution is 2.07. The Hall–Kier alpha value is -0.610. The maximum absolute atomic E-state index is 12.0. The van der Waals surface area contributed by atoms with Gasteiger partial charge in [0.15, 0.2) is 0 Å². The summed E-state index contributed by atoms with van der Waals surface area (Å²) in [6.45, 7) is 9.89. The average Bonchev–Trinajstić information content (AvgIpc) is 2.13. The molecule has 16 heavy (non-hydrogen) atoms. The van der Waals surface area contributed by atoms with E-state index in [9.17, 15) is 4.79 Å². The molecule has 1 heterocycles. The molecule has 0 spiro atoms. The Bertz CT molecular complexity index is 226. The lowest BCUT2D eigenvalue weighted by Crippen LogP contribution is -2.59. The summed E-state index contributed by atoms with van der Waals surface area (Å²) in [5.41, 5.74) is 0. The van der Waals surface area contributed by atoms with Crippen LogP contribution in [0.2, 0.25) is 0 Å². The zero-order chi connectivity index (χ0) is 12.1. The van der Waals surface area contributed by atoms with Crippen molar-refractivity contribution in [1.82, 2.24) is 15.1 Å². The third-order valence-electron chi connectivity index (χ3n) is 3.29. The summed E-state index contributed by atoms with van der Waals surface area (Å²) in [4.78, 5) is 16.1. The van der Waals surface area contributed by atoms with Gasteiger partial charge in [-0.3, -0.25) is 9.69 Å². The van der Waals surface area contributed by atoms with Crippen LogP contribution in [-0.4, -0.2) is 61.0 Å². The molecule has 0 bridgehead atoms. The van der Waals surface area contributed by atoms with Gasteiger partial charge in [0.25, 0.3) is 0 Å². The van der Waals surface area contributed by atoms with Crippen LogP contribution in [0.1, 0.15) is 27.2 Å². The van der Waals surface area contributed by atoms with Gasteiger partial charge in [-0.15, -0.1) is 0 Å². The summed E-state index contributed by atoms with van der Waals surface area (Å²) in [6, 6.07) is 0.847. The first-order chi connectivity index (χ1) is 7.56. The molecule has 1 aliphatic heterocycles. The number of hydrogen-bond acceptors (Lipinski definition) is 3. The fourth-order valence-electron chi connectivity index (χ4n) is 1.78. The zero-order valence-corrected chi connectivity index (χ0v) is 11.0. The van der Waals surface area contributed by atoms with Crippen LogP contribution in [0.4, 0.5) is 0 Å². The van der Waals surface area contributed by atoms with E-state index >= 15 is 0 Å². The Labute approximate surface area is 99.0 Å². The summed E-state index contributed by atoms with van der Waals surface area (Å²) < 4.78 is 0. The quantitative estimate of drug-likeness (QED) is 0.719. The number of nitrogens with one attached hydrogen (secondary N) is 1. The van der Waals surface area contributed by atoms with Crippen molar-refractivity contribution in [3.63, 3.8) is 0 Å². The smallest absolute Gasteiger partial charge is 0.236 e. The van der Waals surface area contributed by atoms with Gasteiger partial charge in [-0.1, -0.05) is 6.92 Å². The Morgan fingerprint density at radius 2 is 2.06 bits per heavy atom. The van der Waals surface area contributed by atoms with Gasteiger partial charge in [0.1, 0.15) is 0 Å².